The molecule has 66 valence electrons. The second-order valence-electron chi connectivity index (χ2n) is 1.33. The zero-order chi connectivity index (χ0) is 9.11. The summed E-state index contributed by atoms with van der Waals surface area (Å²) in [6.07, 6.45) is 3.40. The predicted octanol–water partition coefficient (Wildman–Crippen LogP) is 1.36. The van der Waals surface area contributed by atoms with Crippen molar-refractivity contribution in [2.24, 2.45) is 0 Å². The third kappa shape index (κ3) is 13.1. The molecule has 0 aliphatic carbocycles. The molecule has 0 bridgehead atoms. The van der Waals surface area contributed by atoms with E-state index < -0.39 is 10.2 Å². The molecule has 1 unspecified atom stereocenters. The second-order valence-corrected chi connectivity index (χ2v) is 4.66. The summed E-state index contributed by atoms with van der Waals surface area (Å²) in [5.41, 5.74) is 0. The molecule has 4 heteroatoms. The van der Waals surface area contributed by atoms with E-state index in [0.717, 1.165) is 12.9 Å². The van der Waals surface area contributed by atoms with Crippen LogP contribution in [-0.4, -0.2) is 28.3 Å². The molecule has 0 fully saturated rings. The maximum atomic E-state index is 10.8. The van der Waals surface area contributed by atoms with Crippen LogP contribution in [0.1, 0.15) is 0 Å². The first kappa shape index (κ1) is 13.7. The molecule has 0 radical (unpaired) electrons. The number of aliphatic hydroxyl groups is 1. The van der Waals surface area contributed by atoms with Crippen LogP contribution in [0.15, 0.2) is 25.3 Å². The summed E-state index contributed by atoms with van der Waals surface area (Å²) in [6, 6.07) is 0. The third-order valence-electron chi connectivity index (χ3n) is 0.571. The van der Waals surface area contributed by atoms with Gasteiger partial charge in [0.25, 0.3) is 0 Å². The van der Waals surface area contributed by atoms with Crippen molar-refractivity contribution in [2.45, 2.75) is 0 Å². The Hall–Kier alpha value is 0.1000. The average molecular weight is 194 g/mol. The van der Waals surface area contributed by atoms with Gasteiger partial charge >= 0.3 is 0 Å². The van der Waals surface area contributed by atoms with Gasteiger partial charge in [-0.15, -0.1) is 6.58 Å². The number of hydrogen-bond acceptors (Lipinski definition) is 3. The molecule has 0 aliphatic rings. The summed E-state index contributed by atoms with van der Waals surface area (Å²) >= 11 is 0. The standard InChI is InChI=1S/C6H10OS2.CH4O/c1-3-5-8-9(7)6-4-2;1-2/h3-4H,1-2,5-6H2;2H,1H3. The molecule has 0 aromatic carbocycles. The van der Waals surface area contributed by atoms with Crippen LogP contribution in [0, 0.1) is 0 Å². The Labute approximate surface area is 75.0 Å². The van der Waals surface area contributed by atoms with Crippen molar-refractivity contribution in [1.82, 2.24) is 0 Å². The molecule has 0 saturated heterocycles. The maximum absolute atomic E-state index is 10.8. The Morgan fingerprint density at radius 2 is 2.00 bits per heavy atom. The molecule has 11 heavy (non-hydrogen) atoms. The van der Waals surface area contributed by atoms with E-state index in [9.17, 15) is 4.55 Å². The van der Waals surface area contributed by atoms with E-state index >= 15 is 0 Å². The van der Waals surface area contributed by atoms with Crippen molar-refractivity contribution in [3.05, 3.63) is 25.3 Å². The summed E-state index contributed by atoms with van der Waals surface area (Å²) in [7, 11) is 1.59. The molecular weight excluding hydrogens is 180 g/mol. The lowest BCUT2D eigenvalue weighted by atomic mass is 10.8. The summed E-state index contributed by atoms with van der Waals surface area (Å²) in [5, 5.41) is 7.00. The molecule has 0 saturated carbocycles. The maximum Gasteiger partial charge on any atom is 0.135 e. The Morgan fingerprint density at radius 3 is 2.36 bits per heavy atom. The minimum atomic E-state index is -0.793. The monoisotopic (exact) mass is 194 g/mol. The van der Waals surface area contributed by atoms with E-state index in [1.165, 1.54) is 10.8 Å². The second kappa shape index (κ2) is 12.7. The highest BCUT2D eigenvalue weighted by Crippen LogP contribution is 2.12. The Morgan fingerprint density at radius 1 is 1.45 bits per heavy atom. The molecule has 1 atom stereocenters. The summed E-state index contributed by atoms with van der Waals surface area (Å²) in [4.78, 5) is 0. The van der Waals surface area contributed by atoms with Crippen molar-refractivity contribution in [2.75, 3.05) is 18.6 Å². The van der Waals surface area contributed by atoms with Gasteiger partial charge in [-0.25, -0.2) is 0 Å². The van der Waals surface area contributed by atoms with Gasteiger partial charge in [-0.05, 0) is 6.08 Å². The lowest BCUT2D eigenvalue weighted by Crippen LogP contribution is -1.97. The van der Waals surface area contributed by atoms with E-state index in [2.05, 4.69) is 13.2 Å². The zero-order valence-electron chi connectivity index (χ0n) is 6.66. The van der Waals surface area contributed by atoms with Gasteiger partial charge in [0.2, 0.25) is 0 Å². The van der Waals surface area contributed by atoms with Gasteiger partial charge in [0.05, 0.1) is 16.5 Å². The molecule has 2 nitrogen and oxygen atoms in total. The number of rotatable bonds is 5. The van der Waals surface area contributed by atoms with Gasteiger partial charge in [0.15, 0.2) is 0 Å². The van der Waals surface area contributed by atoms with E-state index in [4.69, 9.17) is 5.11 Å². The molecule has 0 heterocycles. The Balaban J connectivity index is 0. The molecular formula is C7H14O2S2. The van der Waals surface area contributed by atoms with Gasteiger partial charge in [-0.2, -0.15) is 0 Å². The molecule has 0 aromatic rings. The third-order valence-corrected chi connectivity index (χ3v) is 3.32. The fourth-order valence-corrected chi connectivity index (χ4v) is 2.13. The Bertz CT molecular complexity index is 96.4. The number of hydrogen-bond donors (Lipinski definition) is 1. The van der Waals surface area contributed by atoms with Crippen LogP contribution in [0.3, 0.4) is 0 Å². The number of aliphatic hydroxyl groups excluding tert-OH is 1. The van der Waals surface area contributed by atoms with Crippen molar-refractivity contribution in [1.29, 1.82) is 0 Å². The normalized spacial score (nSPS) is 10.8. The fraction of sp³-hybridized carbons (Fsp3) is 0.429. The lowest BCUT2D eigenvalue weighted by Gasteiger charge is -2.02. The quantitative estimate of drug-likeness (QED) is 0.408. The van der Waals surface area contributed by atoms with Crippen LogP contribution in [0.25, 0.3) is 0 Å². The lowest BCUT2D eigenvalue weighted by molar-refractivity contribution is 0.399. The topological polar surface area (TPSA) is 43.3 Å². The van der Waals surface area contributed by atoms with Crippen LogP contribution in [0.2, 0.25) is 0 Å². The van der Waals surface area contributed by atoms with Crippen molar-refractivity contribution >= 4 is 21.0 Å². The van der Waals surface area contributed by atoms with Gasteiger partial charge in [0, 0.05) is 17.3 Å². The fourth-order valence-electron chi connectivity index (χ4n) is 0.268. The first-order chi connectivity index (χ1) is 5.31. The average Bonchev–Trinajstić information content (AvgIpc) is 2.05. The van der Waals surface area contributed by atoms with Crippen molar-refractivity contribution < 1.29 is 9.66 Å². The first-order valence-corrected chi connectivity index (χ1v) is 5.81. The van der Waals surface area contributed by atoms with E-state index in [1.807, 2.05) is 0 Å². The molecule has 1 N–H and O–H groups in total. The predicted molar refractivity (Wildman–Crippen MR) is 54.0 cm³/mol. The first-order valence-electron chi connectivity index (χ1n) is 2.99. The molecule has 0 amide bonds. The van der Waals surface area contributed by atoms with Crippen molar-refractivity contribution in [3.63, 3.8) is 0 Å². The van der Waals surface area contributed by atoms with Gasteiger partial charge < -0.3 is 9.66 Å². The van der Waals surface area contributed by atoms with E-state index in [1.54, 1.807) is 12.2 Å². The minimum Gasteiger partial charge on any atom is -0.605 e. The van der Waals surface area contributed by atoms with Crippen LogP contribution in [-0.2, 0) is 10.2 Å². The highest BCUT2D eigenvalue weighted by atomic mass is 33.1. The highest BCUT2D eigenvalue weighted by molar-refractivity contribution is 8.72. The SMILES string of the molecule is C=CCS[S+]([O-])CC=C.CO. The van der Waals surface area contributed by atoms with E-state index in [0.29, 0.717) is 5.75 Å². The van der Waals surface area contributed by atoms with Gasteiger partial charge in [-0.3, -0.25) is 0 Å². The largest absolute Gasteiger partial charge is 0.605 e. The van der Waals surface area contributed by atoms with Crippen LogP contribution < -0.4 is 0 Å². The summed E-state index contributed by atoms with van der Waals surface area (Å²) < 4.78 is 10.8. The summed E-state index contributed by atoms with van der Waals surface area (Å²) in [6.45, 7) is 6.99. The Kier molecular flexibility index (Phi) is 15.8. The van der Waals surface area contributed by atoms with Gasteiger partial charge in [-0.1, -0.05) is 12.7 Å². The minimum absolute atomic E-state index is 0.568. The smallest absolute Gasteiger partial charge is 0.135 e. The molecule has 0 spiro atoms. The van der Waals surface area contributed by atoms with Crippen LogP contribution in [0.5, 0.6) is 0 Å². The molecule has 0 rings (SSSR count). The van der Waals surface area contributed by atoms with E-state index in [-0.39, 0.29) is 0 Å². The zero-order valence-corrected chi connectivity index (χ0v) is 8.29. The highest BCUT2D eigenvalue weighted by Gasteiger charge is 2.01. The molecule has 0 aromatic heterocycles. The van der Waals surface area contributed by atoms with Crippen LogP contribution in [0.4, 0.5) is 0 Å². The molecule has 0 aliphatic heterocycles. The van der Waals surface area contributed by atoms with Crippen molar-refractivity contribution in [3.8, 4) is 0 Å². The summed E-state index contributed by atoms with van der Waals surface area (Å²) in [5.74, 6) is 1.32. The van der Waals surface area contributed by atoms with Crippen LogP contribution >= 0.6 is 10.8 Å². The van der Waals surface area contributed by atoms with Gasteiger partial charge in [0.1, 0.15) is 5.75 Å².